The molecule has 3 heteroatoms. The Kier molecular flexibility index (Phi) is 2.57. The van der Waals surface area contributed by atoms with Crippen molar-refractivity contribution in [3.05, 3.63) is 35.1 Å². The summed E-state index contributed by atoms with van der Waals surface area (Å²) in [4.78, 5) is 11.8. The van der Waals surface area contributed by atoms with Crippen molar-refractivity contribution >= 4 is 5.78 Å². The first-order valence-electron chi connectivity index (χ1n) is 5.08. The number of aliphatic hydroxyl groups is 1. The van der Waals surface area contributed by atoms with Crippen molar-refractivity contribution in [3.8, 4) is 0 Å². The van der Waals surface area contributed by atoms with E-state index >= 15 is 0 Å². The van der Waals surface area contributed by atoms with E-state index in [4.69, 9.17) is 0 Å². The quantitative estimate of drug-likeness (QED) is 0.772. The van der Waals surface area contributed by atoms with Crippen LogP contribution in [0.5, 0.6) is 0 Å². The normalized spacial score (nSPS) is 17.5. The summed E-state index contributed by atoms with van der Waals surface area (Å²) >= 11 is 0. The summed E-state index contributed by atoms with van der Waals surface area (Å²) in [5.74, 6) is -0.707. The second-order valence-electron chi connectivity index (χ2n) is 4.11. The first-order chi connectivity index (χ1) is 7.09. The molecule has 0 heterocycles. The van der Waals surface area contributed by atoms with E-state index in [1.54, 1.807) is 13.0 Å². The van der Waals surface area contributed by atoms with Gasteiger partial charge in [0.25, 0.3) is 0 Å². The number of halogens is 1. The van der Waals surface area contributed by atoms with Gasteiger partial charge >= 0.3 is 0 Å². The van der Waals surface area contributed by atoms with Crippen molar-refractivity contribution < 1.29 is 14.3 Å². The molecule has 1 saturated carbocycles. The molecule has 15 heavy (non-hydrogen) atoms. The predicted octanol–water partition coefficient (Wildman–Crippen LogP) is 2.09. The molecule has 1 fully saturated rings. The lowest BCUT2D eigenvalue weighted by Crippen LogP contribution is -2.23. The lowest BCUT2D eigenvalue weighted by atomic mass is 9.99. The number of benzene rings is 1. The van der Waals surface area contributed by atoms with Crippen LogP contribution in [0.2, 0.25) is 0 Å². The molecule has 0 radical (unpaired) electrons. The number of ketones is 1. The van der Waals surface area contributed by atoms with E-state index in [2.05, 4.69) is 0 Å². The van der Waals surface area contributed by atoms with Crippen LogP contribution in [-0.4, -0.2) is 17.0 Å². The molecule has 80 valence electrons. The second-order valence-corrected chi connectivity index (χ2v) is 4.11. The van der Waals surface area contributed by atoms with Crippen molar-refractivity contribution in [3.63, 3.8) is 0 Å². The zero-order valence-corrected chi connectivity index (χ0v) is 8.53. The Balaban J connectivity index is 2.27. The third-order valence-corrected chi connectivity index (χ3v) is 2.80. The van der Waals surface area contributed by atoms with E-state index in [1.807, 2.05) is 0 Å². The SMILES string of the molecule is Cc1ccc(F)cc1C(=O)C(O)C1CC1. The molecular weight excluding hydrogens is 195 g/mol. The van der Waals surface area contributed by atoms with E-state index in [1.165, 1.54) is 12.1 Å². The monoisotopic (exact) mass is 208 g/mol. The molecule has 1 aromatic rings. The summed E-state index contributed by atoms with van der Waals surface area (Å²) in [6.45, 7) is 1.74. The maximum Gasteiger partial charge on any atom is 0.191 e. The summed E-state index contributed by atoms with van der Waals surface area (Å²) in [6, 6.07) is 4.07. The highest BCUT2D eigenvalue weighted by Crippen LogP contribution is 2.34. The third kappa shape index (κ3) is 2.07. The van der Waals surface area contributed by atoms with Crippen LogP contribution in [0.4, 0.5) is 4.39 Å². The zero-order chi connectivity index (χ0) is 11.0. The molecular formula is C12H13FO2. The van der Waals surface area contributed by atoms with E-state index in [0.717, 1.165) is 12.8 Å². The number of aryl methyl sites for hydroxylation is 1. The molecule has 1 aromatic carbocycles. The average molecular weight is 208 g/mol. The summed E-state index contributed by atoms with van der Waals surface area (Å²) in [5.41, 5.74) is 1.01. The third-order valence-electron chi connectivity index (χ3n) is 2.80. The zero-order valence-electron chi connectivity index (χ0n) is 8.53. The Hall–Kier alpha value is -1.22. The van der Waals surface area contributed by atoms with Crippen LogP contribution in [0, 0.1) is 18.7 Å². The van der Waals surface area contributed by atoms with Crippen molar-refractivity contribution in [1.82, 2.24) is 0 Å². The molecule has 1 atom stereocenters. The number of Topliss-reactive ketones (excluding diaryl/α,β-unsaturated/α-hetero) is 1. The van der Waals surface area contributed by atoms with Gasteiger partial charge in [-0.25, -0.2) is 4.39 Å². The molecule has 1 aliphatic carbocycles. The van der Waals surface area contributed by atoms with Gasteiger partial charge in [0, 0.05) is 5.56 Å². The van der Waals surface area contributed by atoms with Gasteiger partial charge in [-0.1, -0.05) is 6.07 Å². The largest absolute Gasteiger partial charge is 0.385 e. The van der Waals surface area contributed by atoms with E-state index in [0.29, 0.717) is 11.1 Å². The highest BCUT2D eigenvalue weighted by atomic mass is 19.1. The smallest absolute Gasteiger partial charge is 0.191 e. The van der Waals surface area contributed by atoms with Gasteiger partial charge in [-0.15, -0.1) is 0 Å². The molecule has 1 unspecified atom stereocenters. The predicted molar refractivity (Wildman–Crippen MR) is 54.2 cm³/mol. The standard InChI is InChI=1S/C12H13FO2/c1-7-2-5-9(13)6-10(7)12(15)11(14)8-3-4-8/h2,5-6,8,11,14H,3-4H2,1H3. The molecule has 1 N–H and O–H groups in total. The number of aliphatic hydroxyl groups excluding tert-OH is 1. The number of hydrogen-bond acceptors (Lipinski definition) is 2. The van der Waals surface area contributed by atoms with Crippen LogP contribution >= 0.6 is 0 Å². The highest BCUT2D eigenvalue weighted by molar-refractivity contribution is 6.00. The maximum atomic E-state index is 13.0. The van der Waals surface area contributed by atoms with Gasteiger partial charge in [-0.3, -0.25) is 4.79 Å². The average Bonchev–Trinajstić information content (AvgIpc) is 3.03. The van der Waals surface area contributed by atoms with Crippen molar-refractivity contribution in [1.29, 1.82) is 0 Å². The Morgan fingerprint density at radius 3 is 2.80 bits per heavy atom. The summed E-state index contributed by atoms with van der Waals surface area (Å²) in [7, 11) is 0. The molecule has 0 bridgehead atoms. The molecule has 0 amide bonds. The minimum Gasteiger partial charge on any atom is -0.385 e. The Labute approximate surface area is 87.7 Å². The fourth-order valence-electron chi connectivity index (χ4n) is 1.65. The lowest BCUT2D eigenvalue weighted by molar-refractivity contribution is 0.0703. The molecule has 1 aliphatic rings. The number of carbonyl (C=O) groups excluding carboxylic acids is 1. The van der Waals surface area contributed by atoms with Crippen LogP contribution in [0.1, 0.15) is 28.8 Å². The van der Waals surface area contributed by atoms with Crippen LogP contribution in [-0.2, 0) is 0 Å². The van der Waals surface area contributed by atoms with Gasteiger partial charge in [0.15, 0.2) is 5.78 Å². The van der Waals surface area contributed by atoms with Gasteiger partial charge in [0.1, 0.15) is 11.9 Å². The van der Waals surface area contributed by atoms with E-state index < -0.39 is 11.9 Å². The van der Waals surface area contributed by atoms with Crippen molar-refractivity contribution in [2.24, 2.45) is 5.92 Å². The van der Waals surface area contributed by atoms with Crippen LogP contribution < -0.4 is 0 Å². The van der Waals surface area contributed by atoms with Gasteiger partial charge in [0.2, 0.25) is 0 Å². The highest BCUT2D eigenvalue weighted by Gasteiger charge is 2.35. The number of hydrogen-bond donors (Lipinski definition) is 1. The Bertz CT molecular complexity index is 397. The number of rotatable bonds is 3. The van der Waals surface area contributed by atoms with E-state index in [-0.39, 0.29) is 11.7 Å². The second kappa shape index (κ2) is 3.74. The Morgan fingerprint density at radius 2 is 2.20 bits per heavy atom. The lowest BCUT2D eigenvalue weighted by Gasteiger charge is -2.10. The molecule has 0 saturated heterocycles. The topological polar surface area (TPSA) is 37.3 Å². The van der Waals surface area contributed by atoms with Gasteiger partial charge in [0.05, 0.1) is 0 Å². The minimum atomic E-state index is -0.953. The molecule has 2 rings (SSSR count). The molecule has 0 spiro atoms. The fraction of sp³-hybridized carbons (Fsp3) is 0.417. The van der Waals surface area contributed by atoms with Crippen LogP contribution in [0.3, 0.4) is 0 Å². The first-order valence-corrected chi connectivity index (χ1v) is 5.08. The summed E-state index contributed by atoms with van der Waals surface area (Å²) in [5, 5.41) is 9.65. The molecule has 2 nitrogen and oxygen atoms in total. The van der Waals surface area contributed by atoms with Gasteiger partial charge in [-0.2, -0.15) is 0 Å². The Morgan fingerprint density at radius 1 is 1.53 bits per heavy atom. The maximum absolute atomic E-state index is 13.0. The number of carbonyl (C=O) groups is 1. The summed E-state index contributed by atoms with van der Waals surface area (Å²) in [6.07, 6.45) is 0.827. The van der Waals surface area contributed by atoms with Crippen molar-refractivity contribution in [2.45, 2.75) is 25.9 Å². The van der Waals surface area contributed by atoms with Crippen LogP contribution in [0.25, 0.3) is 0 Å². The van der Waals surface area contributed by atoms with Gasteiger partial charge < -0.3 is 5.11 Å². The fourth-order valence-corrected chi connectivity index (χ4v) is 1.65. The first kappa shape index (κ1) is 10.3. The minimum absolute atomic E-state index is 0.0835. The molecule has 0 aliphatic heterocycles. The summed E-state index contributed by atoms with van der Waals surface area (Å²) < 4.78 is 13.0. The van der Waals surface area contributed by atoms with Gasteiger partial charge in [-0.05, 0) is 43.4 Å². The van der Waals surface area contributed by atoms with Crippen molar-refractivity contribution in [2.75, 3.05) is 0 Å². The van der Waals surface area contributed by atoms with Crippen LogP contribution in [0.15, 0.2) is 18.2 Å². The molecule has 0 aromatic heterocycles. The van der Waals surface area contributed by atoms with E-state index in [9.17, 15) is 14.3 Å².